The quantitative estimate of drug-likeness (QED) is 0.0304. The van der Waals surface area contributed by atoms with E-state index >= 15 is 0 Å². The summed E-state index contributed by atoms with van der Waals surface area (Å²) in [6.07, 6.45) is 8.61. The van der Waals surface area contributed by atoms with Crippen LogP contribution in [0, 0.1) is 35.6 Å². The Kier molecular flexibility index (Phi) is 29.9. The second-order valence-corrected chi connectivity index (χ2v) is 26.6. The second-order valence-electron chi connectivity index (χ2n) is 20.1. The van der Waals surface area contributed by atoms with Gasteiger partial charge < -0.3 is 50.5 Å². The number of carbonyl (C=O) groups is 7. The number of ketones is 3. The minimum atomic E-state index is -1.41. The van der Waals surface area contributed by atoms with Crippen molar-refractivity contribution in [1.29, 1.82) is 0 Å². The van der Waals surface area contributed by atoms with E-state index in [0.717, 1.165) is 10.0 Å². The first kappa shape index (κ1) is 73.9. The molecule has 468 valence electrons. The summed E-state index contributed by atoms with van der Waals surface area (Å²) in [5, 5.41) is 15.6. The Hall–Kier alpha value is -9.40. The summed E-state index contributed by atoms with van der Waals surface area (Å²) in [5.74, 6) is 12.6. The number of terminal acetylenes is 1. The maximum Gasteiger partial charge on any atom is 0.335 e. The predicted octanol–water partition coefficient (Wildman–Crippen LogP) is 11.3. The Labute approximate surface area is 538 Å². The van der Waals surface area contributed by atoms with Crippen LogP contribution in [-0.4, -0.2) is 125 Å². The Balaban J connectivity index is 0.000000310. The van der Waals surface area contributed by atoms with Gasteiger partial charge >= 0.3 is 5.97 Å². The molecule has 0 aliphatic carbocycles. The number of carboxylic acids is 1. The molecule has 5 aromatic carbocycles. The number of primary amides is 1. The number of amides is 3. The topological polar surface area (TPSA) is 271 Å². The van der Waals surface area contributed by atoms with Crippen molar-refractivity contribution < 1.29 is 62.4 Å². The highest BCUT2D eigenvalue weighted by Crippen LogP contribution is 2.29. The molecule has 1 fully saturated rings. The standard InChI is InChI=1S/C22H24N6O4.C15H20O2Si.C12H12O2.C10H11BrO2.C8H7BrO3/c1-4-18(29)27-8-7-15(12-27)28-20(23)19(21(24)30)17(26-28)6-5-13-9-14(22(31)25-2)11-16(10-13)32-3;1-6-15(16)13-9-12(7-8-18(3,4)5)10-14(11-13)17-2;1-4-9-6-10(12(13)5-2)8-11(7-9)14-3;1-3-10(12)7-4-8(11)6-9(5-7)13-2;1-12-7-3-5(8(10)11)2-6(9)4-7/h4,9-11,15H,1,7-8,12,23H2,2-3H3,(H2,24,30)(H,25,31);9-11H,6H2,1-5H3;1,6-8H,5H2,2-3H3;4-6H,3H2,1-2H3;2-4H,1H3,(H,10,11)/t15-;;;;/m0..../s1. The smallest absolute Gasteiger partial charge is 0.335 e. The monoisotopic (exact) mass is 1360 g/mol. The first-order valence-electron chi connectivity index (χ1n) is 27.6. The number of rotatable bonds is 16. The second kappa shape index (κ2) is 36.0. The molecule has 89 heavy (non-hydrogen) atoms. The third-order valence-electron chi connectivity index (χ3n) is 12.6. The summed E-state index contributed by atoms with van der Waals surface area (Å²) in [5.41, 5.74) is 19.7. The summed E-state index contributed by atoms with van der Waals surface area (Å²) in [4.78, 5) is 82.6. The van der Waals surface area contributed by atoms with Crippen LogP contribution in [0.2, 0.25) is 19.6 Å². The van der Waals surface area contributed by atoms with E-state index in [1.54, 1.807) is 86.9 Å². The fourth-order valence-electron chi connectivity index (χ4n) is 7.95. The molecule has 19 nitrogen and oxygen atoms in total. The van der Waals surface area contributed by atoms with E-state index in [9.17, 15) is 33.6 Å². The number of methoxy groups -OCH3 is 5. The molecule has 6 aromatic rings. The van der Waals surface area contributed by atoms with Crippen LogP contribution in [0.15, 0.2) is 113 Å². The number of Topliss-reactive ketones (excluding diaryl/α,β-unsaturated/α-hetero) is 3. The normalized spacial score (nSPS) is 11.7. The zero-order chi connectivity index (χ0) is 66.7. The average molecular weight is 1360 g/mol. The van der Waals surface area contributed by atoms with Gasteiger partial charge in [-0.3, -0.25) is 28.8 Å². The number of hydrogen-bond acceptors (Lipinski definition) is 14. The lowest BCUT2D eigenvalue weighted by Crippen LogP contribution is -2.27. The van der Waals surface area contributed by atoms with Gasteiger partial charge in [0.2, 0.25) is 5.91 Å². The van der Waals surface area contributed by atoms with Crippen molar-refractivity contribution in [1.82, 2.24) is 20.0 Å². The van der Waals surface area contributed by atoms with Gasteiger partial charge in [-0.15, -0.1) is 12.0 Å². The highest BCUT2D eigenvalue weighted by Gasteiger charge is 2.31. The van der Waals surface area contributed by atoms with Crippen molar-refractivity contribution in [3.8, 4) is 64.4 Å². The molecule has 3 amide bonds. The van der Waals surface area contributed by atoms with Crippen LogP contribution in [0.5, 0.6) is 28.7 Å². The van der Waals surface area contributed by atoms with Crippen LogP contribution in [-0.2, 0) is 4.79 Å². The number of likely N-dealkylation sites (tertiary alicyclic amines) is 1. The van der Waals surface area contributed by atoms with Crippen molar-refractivity contribution >= 4 is 86.8 Å². The van der Waals surface area contributed by atoms with E-state index in [2.05, 4.69) is 97.7 Å². The Morgan fingerprint density at radius 2 is 1.08 bits per heavy atom. The van der Waals surface area contributed by atoms with Crippen molar-refractivity contribution in [3.63, 3.8) is 0 Å². The number of nitrogens with one attached hydrogen (secondary N) is 1. The third kappa shape index (κ3) is 23.3. The number of benzene rings is 5. The largest absolute Gasteiger partial charge is 0.497 e. The van der Waals surface area contributed by atoms with Gasteiger partial charge in [-0.2, -0.15) is 5.10 Å². The number of carboxylic acid groups (broad SMARTS) is 1. The molecular weight excluding hydrogens is 1280 g/mol. The number of anilines is 1. The Morgan fingerprint density at radius 1 is 0.663 bits per heavy atom. The van der Waals surface area contributed by atoms with Gasteiger partial charge in [0.05, 0.1) is 47.2 Å². The van der Waals surface area contributed by atoms with Crippen LogP contribution < -0.4 is 40.5 Å². The van der Waals surface area contributed by atoms with Gasteiger partial charge in [0.15, 0.2) is 23.0 Å². The highest BCUT2D eigenvalue weighted by atomic mass is 79.9. The molecule has 1 aliphatic heterocycles. The molecule has 2 heterocycles. The summed E-state index contributed by atoms with van der Waals surface area (Å²) >= 11 is 6.50. The molecule has 1 atom stereocenters. The fraction of sp³-hybridized carbons (Fsp3) is 0.284. The molecule has 0 spiro atoms. The van der Waals surface area contributed by atoms with E-state index in [1.165, 1.54) is 44.2 Å². The zero-order valence-electron chi connectivity index (χ0n) is 51.9. The lowest BCUT2D eigenvalue weighted by molar-refractivity contribution is -0.125. The molecule has 1 aliphatic rings. The average Bonchev–Trinajstić information content (AvgIpc) is 1.88. The number of ether oxygens (including phenoxy) is 5. The van der Waals surface area contributed by atoms with Crippen molar-refractivity contribution in [2.24, 2.45) is 5.73 Å². The minimum absolute atomic E-state index is 0.0143. The molecule has 1 saturated heterocycles. The summed E-state index contributed by atoms with van der Waals surface area (Å²) in [6, 6.07) is 25.3. The van der Waals surface area contributed by atoms with Gasteiger partial charge in [0.1, 0.15) is 48.2 Å². The Bertz CT molecular complexity index is 3750. The first-order valence-corrected chi connectivity index (χ1v) is 32.7. The van der Waals surface area contributed by atoms with Crippen LogP contribution >= 0.6 is 31.9 Å². The lowest BCUT2D eigenvalue weighted by Gasteiger charge is -2.15. The molecule has 6 N–H and O–H groups in total. The van der Waals surface area contributed by atoms with Gasteiger partial charge in [0.25, 0.3) is 11.8 Å². The van der Waals surface area contributed by atoms with Gasteiger partial charge in [-0.25, -0.2) is 9.48 Å². The molecule has 0 bridgehead atoms. The van der Waals surface area contributed by atoms with E-state index in [4.69, 9.17) is 46.7 Å². The number of nitrogen functional groups attached to an aromatic ring is 1. The summed E-state index contributed by atoms with van der Waals surface area (Å²) in [6.45, 7) is 16.5. The molecule has 0 unspecified atom stereocenters. The minimum Gasteiger partial charge on any atom is -0.497 e. The van der Waals surface area contributed by atoms with Crippen molar-refractivity contribution in [2.75, 3.05) is 61.4 Å². The van der Waals surface area contributed by atoms with Crippen molar-refractivity contribution in [2.45, 2.75) is 72.1 Å². The number of nitrogens with two attached hydrogens (primary N) is 2. The fourth-order valence-corrected chi connectivity index (χ4v) is 9.42. The molecule has 7 rings (SSSR count). The van der Waals surface area contributed by atoms with Crippen LogP contribution in [0.3, 0.4) is 0 Å². The summed E-state index contributed by atoms with van der Waals surface area (Å²) < 4.78 is 28.5. The Morgan fingerprint density at radius 3 is 1.51 bits per heavy atom. The SMILES string of the molecule is C#Cc1cc(OC)cc(C(=O)CC)c1.C=CC(=O)N1CC[C@H](n2nc(C#Cc3cc(OC)cc(C(=O)NC)c3)c(C(N)=O)c2N)C1.CCC(=O)c1cc(Br)cc(OC)c1.CCC(=O)c1cc(C#C[Si](C)(C)C)cc(OC)c1.COc1cc(Br)cc(C(=O)O)c1. The molecule has 0 saturated carbocycles. The summed E-state index contributed by atoms with van der Waals surface area (Å²) in [7, 11) is 7.83. The molecular formula is C67H74Br2N6O13Si. The highest BCUT2D eigenvalue weighted by molar-refractivity contribution is 9.10. The van der Waals surface area contributed by atoms with E-state index < -0.39 is 20.0 Å². The molecule has 0 radical (unpaired) electrons. The molecule has 22 heteroatoms. The van der Waals surface area contributed by atoms with Crippen LogP contribution in [0.1, 0.15) is 137 Å². The number of nitrogens with zero attached hydrogens (tertiary/aromatic N) is 3. The van der Waals surface area contributed by atoms with E-state index in [1.807, 2.05) is 39.0 Å². The predicted molar refractivity (Wildman–Crippen MR) is 354 cm³/mol. The number of hydrogen-bond donors (Lipinski definition) is 4. The number of aromatic nitrogens is 2. The number of aromatic carboxylic acids is 1. The lowest BCUT2D eigenvalue weighted by atomic mass is 10.1. The van der Waals surface area contributed by atoms with Crippen LogP contribution in [0.25, 0.3) is 0 Å². The number of halogens is 2. The molecule has 1 aromatic heterocycles. The van der Waals surface area contributed by atoms with Gasteiger partial charge in [-0.05, 0) is 109 Å². The van der Waals surface area contributed by atoms with Gasteiger partial charge in [-0.1, -0.05) is 96.6 Å². The van der Waals surface area contributed by atoms with E-state index in [-0.39, 0.29) is 57.8 Å². The third-order valence-corrected chi connectivity index (χ3v) is 14.4. The zero-order valence-corrected chi connectivity index (χ0v) is 56.1. The maximum absolute atomic E-state index is 12.1. The van der Waals surface area contributed by atoms with Crippen molar-refractivity contribution in [3.05, 3.63) is 168 Å². The first-order chi connectivity index (χ1) is 42.1. The van der Waals surface area contributed by atoms with E-state index in [0.29, 0.717) is 105 Å². The number of carbonyl (C=O) groups excluding carboxylic acids is 6. The van der Waals surface area contributed by atoms with Gasteiger partial charge in [0, 0.05) is 87.3 Å². The van der Waals surface area contributed by atoms with Crippen LogP contribution in [0.4, 0.5) is 5.82 Å². The maximum atomic E-state index is 12.1.